The summed E-state index contributed by atoms with van der Waals surface area (Å²) in [6.07, 6.45) is 0.862. The van der Waals surface area contributed by atoms with Crippen LogP contribution in [0.2, 0.25) is 0 Å². The lowest BCUT2D eigenvalue weighted by atomic mass is 9.94. The lowest BCUT2D eigenvalue weighted by Gasteiger charge is -2.22. The number of aryl methyl sites for hydroxylation is 1. The van der Waals surface area contributed by atoms with Crippen LogP contribution in [0.5, 0.6) is 0 Å². The minimum Gasteiger partial charge on any atom is -0.384 e. The minimum atomic E-state index is -0.584. The number of β-amino-alcohol motifs (C(OH)–C–C–N with tert-alkyl or cyclic N) is 1. The molecule has 0 aromatic carbocycles. The zero-order valence-electron chi connectivity index (χ0n) is 8.08. The molecule has 0 radical (unpaired) electrons. The van der Waals surface area contributed by atoms with Crippen LogP contribution in [0, 0.1) is 6.92 Å². The van der Waals surface area contributed by atoms with E-state index in [1.54, 1.807) is 11.3 Å². The van der Waals surface area contributed by atoms with Crippen molar-refractivity contribution in [2.45, 2.75) is 18.9 Å². The third kappa shape index (κ3) is 1.52. The Hall–Kier alpha value is -0.380. The van der Waals surface area contributed by atoms with Gasteiger partial charge in [-0.2, -0.15) is 0 Å². The van der Waals surface area contributed by atoms with Gasteiger partial charge in [0.25, 0.3) is 0 Å². The number of likely N-dealkylation sites (N-methyl/N-ethyl adjacent to an activating group) is 1. The standard InChI is InChI=1S/C10H15NOS/c1-8-9(3-6-13-8)10(12)4-5-11(2)7-10/h3,6,12H,4-5,7H2,1-2H3. The SMILES string of the molecule is Cc1sccc1C1(O)CCN(C)C1. The zero-order valence-corrected chi connectivity index (χ0v) is 8.90. The first kappa shape index (κ1) is 9.19. The van der Waals surface area contributed by atoms with Crippen LogP contribution in [-0.2, 0) is 5.60 Å². The van der Waals surface area contributed by atoms with Crippen molar-refractivity contribution in [3.63, 3.8) is 0 Å². The van der Waals surface area contributed by atoms with E-state index in [1.165, 1.54) is 4.88 Å². The normalized spacial score (nSPS) is 29.8. The molecule has 0 amide bonds. The first-order valence-corrected chi connectivity index (χ1v) is 5.45. The number of hydrogen-bond donors (Lipinski definition) is 1. The average Bonchev–Trinajstić information content (AvgIpc) is 2.59. The molecule has 1 N–H and O–H groups in total. The van der Waals surface area contributed by atoms with Crippen LogP contribution >= 0.6 is 11.3 Å². The first-order valence-electron chi connectivity index (χ1n) is 4.57. The molecule has 0 aliphatic carbocycles. The molecule has 2 rings (SSSR count). The zero-order chi connectivity index (χ0) is 9.47. The predicted molar refractivity (Wildman–Crippen MR) is 55.1 cm³/mol. The Morgan fingerprint density at radius 1 is 1.62 bits per heavy atom. The van der Waals surface area contributed by atoms with Crippen molar-refractivity contribution in [2.75, 3.05) is 20.1 Å². The van der Waals surface area contributed by atoms with E-state index in [0.29, 0.717) is 0 Å². The van der Waals surface area contributed by atoms with Crippen LogP contribution in [0.4, 0.5) is 0 Å². The van der Waals surface area contributed by atoms with Gasteiger partial charge >= 0.3 is 0 Å². The van der Waals surface area contributed by atoms with Gasteiger partial charge in [-0.25, -0.2) is 0 Å². The van der Waals surface area contributed by atoms with Gasteiger partial charge < -0.3 is 10.0 Å². The molecule has 1 aromatic heterocycles. The fourth-order valence-corrected chi connectivity index (χ4v) is 2.86. The Labute approximate surface area is 82.8 Å². The number of thiophene rings is 1. The minimum absolute atomic E-state index is 0.584. The molecule has 3 heteroatoms. The van der Waals surface area contributed by atoms with Crippen molar-refractivity contribution >= 4 is 11.3 Å². The molecule has 1 aliphatic rings. The summed E-state index contributed by atoms with van der Waals surface area (Å²) in [5.74, 6) is 0. The van der Waals surface area contributed by atoms with Crippen LogP contribution in [0.25, 0.3) is 0 Å². The topological polar surface area (TPSA) is 23.5 Å². The Balaban J connectivity index is 2.30. The van der Waals surface area contributed by atoms with Crippen molar-refractivity contribution in [2.24, 2.45) is 0 Å². The molecule has 1 saturated heterocycles. The van der Waals surface area contributed by atoms with Crippen molar-refractivity contribution in [1.29, 1.82) is 0 Å². The summed E-state index contributed by atoms with van der Waals surface area (Å²) in [6, 6.07) is 2.05. The Kier molecular flexibility index (Phi) is 2.18. The van der Waals surface area contributed by atoms with Gasteiger partial charge in [-0.15, -0.1) is 11.3 Å². The summed E-state index contributed by atoms with van der Waals surface area (Å²) in [7, 11) is 2.06. The second-order valence-electron chi connectivity index (χ2n) is 3.91. The maximum atomic E-state index is 10.4. The molecule has 1 unspecified atom stereocenters. The van der Waals surface area contributed by atoms with Crippen LogP contribution in [0.1, 0.15) is 16.9 Å². The van der Waals surface area contributed by atoms with E-state index in [2.05, 4.69) is 30.3 Å². The number of hydrogen-bond acceptors (Lipinski definition) is 3. The number of aliphatic hydroxyl groups is 1. The van der Waals surface area contributed by atoms with Crippen molar-refractivity contribution < 1.29 is 5.11 Å². The monoisotopic (exact) mass is 197 g/mol. The highest BCUT2D eigenvalue weighted by Crippen LogP contribution is 2.35. The Bertz CT molecular complexity index is 310. The third-order valence-corrected chi connectivity index (χ3v) is 3.64. The van der Waals surface area contributed by atoms with E-state index in [0.717, 1.165) is 25.1 Å². The van der Waals surface area contributed by atoms with E-state index < -0.39 is 5.60 Å². The number of likely N-dealkylation sites (tertiary alicyclic amines) is 1. The second-order valence-corrected chi connectivity index (χ2v) is 5.03. The lowest BCUT2D eigenvalue weighted by molar-refractivity contribution is 0.0488. The van der Waals surface area contributed by atoms with Crippen molar-refractivity contribution in [3.05, 3.63) is 21.9 Å². The second kappa shape index (κ2) is 3.08. The highest BCUT2D eigenvalue weighted by molar-refractivity contribution is 7.10. The van der Waals surface area contributed by atoms with Crippen LogP contribution in [-0.4, -0.2) is 30.1 Å². The number of nitrogens with zero attached hydrogens (tertiary/aromatic N) is 1. The summed E-state index contributed by atoms with van der Waals surface area (Å²) in [4.78, 5) is 3.43. The smallest absolute Gasteiger partial charge is 0.104 e. The van der Waals surface area contributed by atoms with Gasteiger partial charge in [0.05, 0.1) is 0 Å². The molecule has 1 aliphatic heterocycles. The van der Waals surface area contributed by atoms with E-state index in [1.807, 2.05) is 0 Å². The van der Waals surface area contributed by atoms with Gasteiger partial charge in [0, 0.05) is 18.0 Å². The molecule has 13 heavy (non-hydrogen) atoms. The van der Waals surface area contributed by atoms with E-state index >= 15 is 0 Å². The molecule has 2 heterocycles. The van der Waals surface area contributed by atoms with E-state index in [4.69, 9.17) is 0 Å². The summed E-state index contributed by atoms with van der Waals surface area (Å²) >= 11 is 1.71. The highest BCUT2D eigenvalue weighted by atomic mass is 32.1. The van der Waals surface area contributed by atoms with Crippen LogP contribution in [0.15, 0.2) is 11.4 Å². The van der Waals surface area contributed by atoms with Gasteiger partial charge in [0.1, 0.15) is 5.60 Å². The van der Waals surface area contributed by atoms with Crippen molar-refractivity contribution in [1.82, 2.24) is 4.90 Å². The summed E-state index contributed by atoms with van der Waals surface area (Å²) in [6.45, 7) is 3.84. The Morgan fingerprint density at radius 2 is 2.38 bits per heavy atom. The molecular weight excluding hydrogens is 182 g/mol. The molecular formula is C10H15NOS. The van der Waals surface area contributed by atoms with Gasteiger partial charge in [-0.1, -0.05) is 0 Å². The summed E-state index contributed by atoms with van der Waals surface area (Å²) < 4.78 is 0. The Morgan fingerprint density at radius 3 is 2.85 bits per heavy atom. The van der Waals surface area contributed by atoms with Crippen LogP contribution < -0.4 is 0 Å². The van der Waals surface area contributed by atoms with Gasteiger partial charge in [-0.3, -0.25) is 0 Å². The van der Waals surface area contributed by atoms with Gasteiger partial charge in [0.2, 0.25) is 0 Å². The predicted octanol–water partition coefficient (Wildman–Crippen LogP) is 1.58. The molecule has 0 spiro atoms. The maximum Gasteiger partial charge on any atom is 0.104 e. The molecule has 1 aromatic rings. The van der Waals surface area contributed by atoms with Crippen LogP contribution in [0.3, 0.4) is 0 Å². The van der Waals surface area contributed by atoms with E-state index in [-0.39, 0.29) is 0 Å². The molecule has 0 bridgehead atoms. The molecule has 72 valence electrons. The largest absolute Gasteiger partial charge is 0.384 e. The van der Waals surface area contributed by atoms with Crippen molar-refractivity contribution in [3.8, 4) is 0 Å². The molecule has 1 atom stereocenters. The first-order chi connectivity index (χ1) is 6.12. The average molecular weight is 197 g/mol. The fourth-order valence-electron chi connectivity index (χ4n) is 2.07. The summed E-state index contributed by atoms with van der Waals surface area (Å²) in [5.41, 5.74) is 0.542. The van der Waals surface area contributed by atoms with E-state index in [9.17, 15) is 5.11 Å². The van der Waals surface area contributed by atoms with Gasteiger partial charge in [0.15, 0.2) is 0 Å². The molecule has 1 fully saturated rings. The quantitative estimate of drug-likeness (QED) is 0.739. The molecule has 2 nitrogen and oxygen atoms in total. The summed E-state index contributed by atoms with van der Waals surface area (Å²) in [5, 5.41) is 12.4. The van der Waals surface area contributed by atoms with Gasteiger partial charge in [-0.05, 0) is 37.4 Å². The third-order valence-electron chi connectivity index (χ3n) is 2.80. The lowest BCUT2D eigenvalue weighted by Crippen LogP contribution is -2.29. The maximum absolute atomic E-state index is 10.4. The molecule has 0 saturated carbocycles. The highest BCUT2D eigenvalue weighted by Gasteiger charge is 2.37. The fraction of sp³-hybridized carbons (Fsp3) is 0.600. The number of rotatable bonds is 1.